The van der Waals surface area contributed by atoms with Crippen LogP contribution in [0.25, 0.3) is 0 Å². The third-order valence-corrected chi connectivity index (χ3v) is 4.61. The van der Waals surface area contributed by atoms with Crippen LogP contribution in [0.3, 0.4) is 0 Å². The number of aliphatic hydroxyl groups is 1. The molecule has 0 saturated carbocycles. The molecule has 3 rings (SSSR count). The predicted octanol–water partition coefficient (Wildman–Crippen LogP) is 3.03. The first kappa shape index (κ1) is 17.6. The van der Waals surface area contributed by atoms with E-state index in [9.17, 15) is 14.3 Å². The zero-order chi connectivity index (χ0) is 18.4. The Hall–Kier alpha value is -2.21. The highest BCUT2D eigenvalue weighted by molar-refractivity contribution is 5.95. The van der Waals surface area contributed by atoms with Crippen LogP contribution < -0.4 is 0 Å². The van der Waals surface area contributed by atoms with Gasteiger partial charge in [0.15, 0.2) is 0 Å². The Kier molecular flexibility index (Phi) is 4.41. The predicted molar refractivity (Wildman–Crippen MR) is 92.8 cm³/mol. The number of halogens is 1. The molecule has 0 radical (unpaired) electrons. The number of aromatic nitrogens is 2. The van der Waals surface area contributed by atoms with Crippen molar-refractivity contribution in [3.63, 3.8) is 0 Å². The number of benzene rings is 1. The van der Waals surface area contributed by atoms with Crippen molar-refractivity contribution in [1.82, 2.24) is 14.7 Å². The van der Waals surface area contributed by atoms with E-state index in [1.54, 1.807) is 27.9 Å². The van der Waals surface area contributed by atoms with E-state index in [-0.39, 0.29) is 29.8 Å². The molecule has 5 nitrogen and oxygen atoms in total. The summed E-state index contributed by atoms with van der Waals surface area (Å²) in [7, 11) is 0. The molecule has 2 heterocycles. The van der Waals surface area contributed by atoms with Gasteiger partial charge in [0.2, 0.25) is 0 Å². The molecule has 25 heavy (non-hydrogen) atoms. The number of hydrogen-bond donors (Lipinski definition) is 1. The Labute approximate surface area is 147 Å². The molecule has 2 atom stereocenters. The second-order valence-electron chi connectivity index (χ2n) is 7.66. The fourth-order valence-corrected chi connectivity index (χ4v) is 3.21. The summed E-state index contributed by atoms with van der Waals surface area (Å²) in [5.74, 6) is -0.471. The third kappa shape index (κ3) is 3.44. The lowest BCUT2D eigenvalue weighted by atomic mass is 10.0. The van der Waals surface area contributed by atoms with Gasteiger partial charge in [-0.05, 0) is 51.8 Å². The minimum Gasteiger partial charge on any atom is -0.391 e. The van der Waals surface area contributed by atoms with Crippen molar-refractivity contribution >= 4 is 5.91 Å². The summed E-state index contributed by atoms with van der Waals surface area (Å²) in [5.41, 5.74) is 1.81. The molecule has 0 bridgehead atoms. The van der Waals surface area contributed by atoms with E-state index in [1.165, 1.54) is 12.1 Å². The van der Waals surface area contributed by atoms with Crippen molar-refractivity contribution in [1.29, 1.82) is 0 Å². The summed E-state index contributed by atoms with van der Waals surface area (Å²) >= 11 is 0. The van der Waals surface area contributed by atoms with Crippen LogP contribution in [-0.4, -0.2) is 38.3 Å². The van der Waals surface area contributed by atoms with E-state index < -0.39 is 6.10 Å². The number of hydrogen-bond acceptors (Lipinski definition) is 3. The molecule has 0 unspecified atom stereocenters. The van der Waals surface area contributed by atoms with Crippen molar-refractivity contribution in [2.24, 2.45) is 0 Å². The molecule has 1 saturated heterocycles. The van der Waals surface area contributed by atoms with Crippen LogP contribution in [0.2, 0.25) is 0 Å². The monoisotopic (exact) mass is 345 g/mol. The second-order valence-corrected chi connectivity index (χ2v) is 7.66. The van der Waals surface area contributed by atoms with Crippen molar-refractivity contribution in [3.8, 4) is 0 Å². The smallest absolute Gasteiger partial charge is 0.257 e. The van der Waals surface area contributed by atoms with Gasteiger partial charge in [0.25, 0.3) is 5.91 Å². The number of nitrogens with zero attached hydrogens (tertiary/aromatic N) is 3. The van der Waals surface area contributed by atoms with Crippen molar-refractivity contribution < 1.29 is 14.3 Å². The standard InChI is InChI=1S/C19H24FN3O2/c1-12-16(11-23(21-12)19(2,3)4)18(25)22-10-15(24)9-17(22)13-5-7-14(20)8-6-13/h5-8,11,15,17,24H,9-10H2,1-4H3/t15-,17+/m1/s1. The maximum atomic E-state index is 13.2. The molecule has 1 aliphatic rings. The van der Waals surface area contributed by atoms with Gasteiger partial charge in [-0.25, -0.2) is 4.39 Å². The van der Waals surface area contributed by atoms with Crippen molar-refractivity contribution in [2.75, 3.05) is 6.54 Å². The zero-order valence-electron chi connectivity index (χ0n) is 15.0. The summed E-state index contributed by atoms with van der Waals surface area (Å²) in [6.07, 6.45) is 1.63. The Morgan fingerprint density at radius 1 is 1.28 bits per heavy atom. The van der Waals surface area contributed by atoms with E-state index >= 15 is 0 Å². The lowest BCUT2D eigenvalue weighted by Crippen LogP contribution is -2.32. The average molecular weight is 345 g/mol. The number of likely N-dealkylation sites (tertiary alicyclic amines) is 1. The van der Waals surface area contributed by atoms with Crippen LogP contribution >= 0.6 is 0 Å². The van der Waals surface area contributed by atoms with E-state index in [0.29, 0.717) is 17.7 Å². The topological polar surface area (TPSA) is 58.4 Å². The maximum Gasteiger partial charge on any atom is 0.257 e. The summed E-state index contributed by atoms with van der Waals surface area (Å²) in [4.78, 5) is 14.8. The number of amides is 1. The molecular formula is C19H24FN3O2. The van der Waals surface area contributed by atoms with E-state index in [4.69, 9.17) is 0 Å². The van der Waals surface area contributed by atoms with E-state index in [1.807, 2.05) is 27.7 Å². The van der Waals surface area contributed by atoms with Gasteiger partial charge in [-0.2, -0.15) is 5.10 Å². The van der Waals surface area contributed by atoms with E-state index in [2.05, 4.69) is 5.10 Å². The van der Waals surface area contributed by atoms with Crippen LogP contribution in [0.1, 0.15) is 54.8 Å². The van der Waals surface area contributed by atoms with Gasteiger partial charge in [0.05, 0.1) is 28.9 Å². The summed E-state index contributed by atoms with van der Waals surface area (Å²) in [6, 6.07) is 5.84. The first-order chi connectivity index (χ1) is 11.7. The normalized spacial score (nSPS) is 21.0. The Morgan fingerprint density at radius 2 is 1.92 bits per heavy atom. The lowest BCUT2D eigenvalue weighted by Gasteiger charge is -2.24. The first-order valence-electron chi connectivity index (χ1n) is 8.48. The average Bonchev–Trinajstić information content (AvgIpc) is 3.10. The van der Waals surface area contributed by atoms with Gasteiger partial charge in [-0.3, -0.25) is 9.48 Å². The number of rotatable bonds is 2. The fourth-order valence-electron chi connectivity index (χ4n) is 3.21. The third-order valence-electron chi connectivity index (χ3n) is 4.61. The summed E-state index contributed by atoms with van der Waals surface area (Å²) in [5, 5.41) is 14.6. The highest BCUT2D eigenvalue weighted by atomic mass is 19.1. The van der Waals surface area contributed by atoms with Gasteiger partial charge in [-0.15, -0.1) is 0 Å². The van der Waals surface area contributed by atoms with Crippen LogP contribution in [0, 0.1) is 12.7 Å². The Bertz CT molecular complexity index is 777. The lowest BCUT2D eigenvalue weighted by molar-refractivity contribution is 0.0715. The Morgan fingerprint density at radius 3 is 2.48 bits per heavy atom. The van der Waals surface area contributed by atoms with Gasteiger partial charge in [-0.1, -0.05) is 12.1 Å². The van der Waals surface area contributed by atoms with Crippen LogP contribution in [-0.2, 0) is 5.54 Å². The Balaban J connectivity index is 1.92. The molecule has 1 amide bonds. The van der Waals surface area contributed by atoms with Crippen LogP contribution in [0.5, 0.6) is 0 Å². The molecule has 1 N–H and O–H groups in total. The molecule has 0 aliphatic carbocycles. The number of aliphatic hydroxyl groups excluding tert-OH is 1. The molecule has 2 aromatic rings. The highest BCUT2D eigenvalue weighted by Gasteiger charge is 2.37. The van der Waals surface area contributed by atoms with Gasteiger partial charge >= 0.3 is 0 Å². The molecular weight excluding hydrogens is 321 g/mol. The summed E-state index contributed by atoms with van der Waals surface area (Å²) < 4.78 is 15.0. The number of aryl methyl sites for hydroxylation is 1. The summed E-state index contributed by atoms with van der Waals surface area (Å²) in [6.45, 7) is 8.15. The molecule has 1 aromatic carbocycles. The quantitative estimate of drug-likeness (QED) is 0.910. The minimum atomic E-state index is -0.586. The SMILES string of the molecule is Cc1nn(C(C)(C)C)cc1C(=O)N1C[C@H](O)C[C@H]1c1ccc(F)cc1. The van der Waals surface area contributed by atoms with Crippen molar-refractivity contribution in [3.05, 3.63) is 53.1 Å². The number of β-amino-alcohol motifs (C(OH)–C–C–N with tert-alkyl or cyclic N) is 1. The fraction of sp³-hybridized carbons (Fsp3) is 0.474. The molecule has 1 fully saturated rings. The molecule has 134 valence electrons. The largest absolute Gasteiger partial charge is 0.391 e. The first-order valence-corrected chi connectivity index (χ1v) is 8.48. The molecule has 6 heteroatoms. The number of carbonyl (C=O) groups excluding carboxylic acids is 1. The molecule has 1 aliphatic heterocycles. The maximum absolute atomic E-state index is 13.2. The van der Waals surface area contributed by atoms with Crippen LogP contribution in [0.4, 0.5) is 4.39 Å². The molecule has 0 spiro atoms. The minimum absolute atomic E-state index is 0.154. The van der Waals surface area contributed by atoms with Gasteiger partial charge in [0.1, 0.15) is 5.82 Å². The second kappa shape index (κ2) is 6.26. The zero-order valence-corrected chi connectivity index (χ0v) is 15.0. The molecule has 1 aromatic heterocycles. The van der Waals surface area contributed by atoms with Crippen molar-refractivity contribution in [2.45, 2.75) is 51.8 Å². The van der Waals surface area contributed by atoms with Gasteiger partial charge < -0.3 is 10.0 Å². The highest BCUT2D eigenvalue weighted by Crippen LogP contribution is 2.34. The van der Waals surface area contributed by atoms with Crippen LogP contribution in [0.15, 0.2) is 30.5 Å². The van der Waals surface area contributed by atoms with Gasteiger partial charge in [0, 0.05) is 12.7 Å². The van der Waals surface area contributed by atoms with E-state index in [0.717, 1.165) is 5.56 Å². The number of carbonyl (C=O) groups is 1.